The Labute approximate surface area is 217 Å². The second-order valence-corrected chi connectivity index (χ2v) is 9.12. The molecular weight excluding hydrogens is 492 g/mol. The quantitative estimate of drug-likeness (QED) is 0.315. The predicted molar refractivity (Wildman–Crippen MR) is 137 cm³/mol. The van der Waals surface area contributed by atoms with Gasteiger partial charge in [0, 0.05) is 44.3 Å². The summed E-state index contributed by atoms with van der Waals surface area (Å²) in [5.74, 6) is 1.17. The normalized spacial score (nSPS) is 16.9. The summed E-state index contributed by atoms with van der Waals surface area (Å²) >= 11 is 0. The highest BCUT2D eigenvalue weighted by Crippen LogP contribution is 2.37. The summed E-state index contributed by atoms with van der Waals surface area (Å²) in [5, 5.41) is 14.7. The maximum atomic E-state index is 13.1. The topological polar surface area (TPSA) is 152 Å². The highest BCUT2D eigenvalue weighted by atomic mass is 16.5. The fourth-order valence-corrected chi connectivity index (χ4v) is 4.77. The van der Waals surface area contributed by atoms with Crippen LogP contribution in [0.4, 0.5) is 5.82 Å². The number of anilines is 1. The number of aliphatic hydroxyl groups is 1. The van der Waals surface area contributed by atoms with Crippen molar-refractivity contribution in [1.29, 1.82) is 0 Å². The van der Waals surface area contributed by atoms with E-state index < -0.39 is 12.0 Å². The third kappa shape index (κ3) is 4.66. The van der Waals surface area contributed by atoms with Crippen molar-refractivity contribution in [3.05, 3.63) is 41.9 Å². The first kappa shape index (κ1) is 24.3. The number of carbonyl (C=O) groups is 1. The summed E-state index contributed by atoms with van der Waals surface area (Å²) in [5.41, 5.74) is 2.24. The molecule has 1 fully saturated rings. The number of hydrogen-bond acceptors (Lipinski definition) is 10. The van der Waals surface area contributed by atoms with E-state index in [2.05, 4.69) is 30.2 Å². The lowest BCUT2D eigenvalue weighted by Crippen LogP contribution is -2.42. The van der Waals surface area contributed by atoms with Gasteiger partial charge < -0.3 is 29.6 Å². The smallest absolute Gasteiger partial charge is 0.281 e. The van der Waals surface area contributed by atoms with Gasteiger partial charge in [-0.3, -0.25) is 14.3 Å². The van der Waals surface area contributed by atoms with E-state index in [4.69, 9.17) is 19.2 Å². The zero-order valence-electron chi connectivity index (χ0n) is 20.9. The number of β-amino-alcohol motifs (C(OH)–C–C–N with tert-alkyl or cyclic N) is 1. The van der Waals surface area contributed by atoms with Crippen LogP contribution < -0.4 is 20.4 Å². The van der Waals surface area contributed by atoms with E-state index in [9.17, 15) is 9.90 Å². The number of rotatable bonds is 7. The molecule has 3 N–H and O–H groups in total. The Morgan fingerprint density at radius 3 is 2.97 bits per heavy atom. The molecule has 0 aliphatic carbocycles. The van der Waals surface area contributed by atoms with E-state index in [1.54, 1.807) is 12.1 Å². The second kappa shape index (κ2) is 10.4. The van der Waals surface area contributed by atoms with Crippen LogP contribution in [0.25, 0.3) is 22.1 Å². The molecule has 3 aromatic heterocycles. The fraction of sp³-hybridized carbons (Fsp3) is 0.400. The first-order chi connectivity index (χ1) is 18.6. The number of nitrogens with one attached hydrogen (secondary N) is 2. The lowest BCUT2D eigenvalue weighted by atomic mass is 10.2. The zero-order chi connectivity index (χ0) is 26.1. The van der Waals surface area contributed by atoms with Gasteiger partial charge in [0.15, 0.2) is 17.1 Å². The number of fused-ring (bicyclic) bond motifs is 4. The molecular formula is C25H28N8O5. The third-order valence-corrected chi connectivity index (χ3v) is 6.63. The highest BCUT2D eigenvalue weighted by molar-refractivity contribution is 5.98. The van der Waals surface area contributed by atoms with Crippen LogP contribution in [0.5, 0.6) is 11.5 Å². The number of pyridine rings is 1. The zero-order valence-corrected chi connectivity index (χ0v) is 20.9. The Morgan fingerprint density at radius 1 is 1.26 bits per heavy atom. The summed E-state index contributed by atoms with van der Waals surface area (Å²) in [4.78, 5) is 35.5. The van der Waals surface area contributed by atoms with E-state index in [1.807, 2.05) is 10.6 Å². The van der Waals surface area contributed by atoms with E-state index in [0.717, 1.165) is 24.3 Å². The van der Waals surface area contributed by atoms with E-state index in [1.165, 1.54) is 19.6 Å². The van der Waals surface area contributed by atoms with Crippen LogP contribution in [-0.4, -0.2) is 99.6 Å². The van der Waals surface area contributed by atoms with Crippen LogP contribution in [0, 0.1) is 0 Å². The van der Waals surface area contributed by atoms with Crippen LogP contribution in [-0.2, 0) is 11.3 Å². The number of imidazole rings is 1. The predicted octanol–water partition coefficient (Wildman–Crippen LogP) is 0.555. The van der Waals surface area contributed by atoms with Gasteiger partial charge in [0.2, 0.25) is 5.62 Å². The van der Waals surface area contributed by atoms with E-state index in [-0.39, 0.29) is 12.2 Å². The second-order valence-electron chi connectivity index (χ2n) is 9.12. The number of morpholine rings is 1. The van der Waals surface area contributed by atoms with Gasteiger partial charge >= 0.3 is 0 Å². The Morgan fingerprint density at radius 2 is 2.13 bits per heavy atom. The number of aliphatic hydroxyl groups excluding tert-OH is 1. The number of benzene rings is 1. The first-order valence-electron chi connectivity index (χ1n) is 12.5. The molecule has 1 unspecified atom stereocenters. The maximum Gasteiger partial charge on any atom is 0.281 e. The molecule has 5 heterocycles. The van der Waals surface area contributed by atoms with Crippen molar-refractivity contribution >= 4 is 33.8 Å². The maximum absolute atomic E-state index is 13.1. The largest absolute Gasteiger partial charge is 0.491 e. The molecule has 1 aromatic carbocycles. The molecule has 13 heteroatoms. The van der Waals surface area contributed by atoms with E-state index >= 15 is 0 Å². The molecule has 38 heavy (non-hydrogen) atoms. The summed E-state index contributed by atoms with van der Waals surface area (Å²) in [7, 11) is 1.54. The highest BCUT2D eigenvalue weighted by Gasteiger charge is 2.22. The molecule has 0 spiro atoms. The molecule has 0 saturated carbocycles. The van der Waals surface area contributed by atoms with Gasteiger partial charge in [-0.2, -0.15) is 4.99 Å². The van der Waals surface area contributed by atoms with Crippen molar-refractivity contribution in [3.63, 3.8) is 0 Å². The van der Waals surface area contributed by atoms with Crippen molar-refractivity contribution in [2.75, 3.05) is 58.4 Å². The summed E-state index contributed by atoms with van der Waals surface area (Å²) in [6.07, 6.45) is 2.30. The number of aromatic amines is 1. The monoisotopic (exact) mass is 520 g/mol. The molecule has 2 aliphatic rings. The minimum absolute atomic E-state index is 0.0932. The Kier molecular flexibility index (Phi) is 6.62. The van der Waals surface area contributed by atoms with Gasteiger partial charge in [0.05, 0.1) is 37.7 Å². The van der Waals surface area contributed by atoms with Crippen LogP contribution >= 0.6 is 0 Å². The fourth-order valence-electron chi connectivity index (χ4n) is 4.77. The summed E-state index contributed by atoms with van der Waals surface area (Å²) < 4.78 is 18.9. The van der Waals surface area contributed by atoms with Gasteiger partial charge in [0.1, 0.15) is 24.0 Å². The number of hydrogen-bond donors (Lipinski definition) is 3. The molecule has 6 rings (SSSR count). The molecule has 0 radical (unpaired) electrons. The number of methoxy groups -OCH3 is 1. The molecule has 0 bridgehead atoms. The molecule has 13 nitrogen and oxygen atoms in total. The van der Waals surface area contributed by atoms with Gasteiger partial charge in [-0.25, -0.2) is 15.0 Å². The number of aromatic nitrogens is 5. The average molecular weight is 521 g/mol. The van der Waals surface area contributed by atoms with Gasteiger partial charge in [0.25, 0.3) is 5.91 Å². The number of carbonyl (C=O) groups excluding carboxylic acids is 1. The first-order valence-corrected chi connectivity index (χ1v) is 12.5. The van der Waals surface area contributed by atoms with Crippen LogP contribution in [0.1, 0.15) is 10.4 Å². The molecule has 4 aromatic rings. The number of ether oxygens (including phenoxy) is 3. The van der Waals surface area contributed by atoms with Gasteiger partial charge in [-0.05, 0) is 18.2 Å². The summed E-state index contributed by atoms with van der Waals surface area (Å²) in [6, 6.07) is 5.36. The Bertz CT molecular complexity index is 1560. The van der Waals surface area contributed by atoms with Gasteiger partial charge in [-0.1, -0.05) is 0 Å². The molecule has 198 valence electrons. The van der Waals surface area contributed by atoms with Crippen LogP contribution in [0.2, 0.25) is 0 Å². The Hall–Kier alpha value is -4.07. The van der Waals surface area contributed by atoms with Crippen molar-refractivity contribution in [3.8, 4) is 11.5 Å². The lowest BCUT2D eigenvalue weighted by Gasteiger charge is -2.28. The lowest BCUT2D eigenvalue weighted by molar-refractivity contribution is 0.00447. The van der Waals surface area contributed by atoms with Crippen LogP contribution in [0.15, 0.2) is 35.7 Å². The standard InChI is InChI=1S/C25H28N8O5/c1-36-21-19(38-13-16(34)12-32-6-8-37-9-7-32)3-2-17-20(21)30-25(33-5-4-26-23(17)33)31-24(35)15-10-18-22(27-11-15)29-14-28-18/h2-3,10-11,14,16,26,34H,4-9,12-13H2,1H3,(H,27,28,29). The van der Waals surface area contributed by atoms with Crippen LogP contribution in [0.3, 0.4) is 0 Å². The molecule has 1 amide bonds. The van der Waals surface area contributed by atoms with E-state index in [0.29, 0.717) is 66.6 Å². The van der Waals surface area contributed by atoms with Crippen molar-refractivity contribution in [2.24, 2.45) is 4.99 Å². The minimum Gasteiger partial charge on any atom is -0.491 e. The number of H-pyrrole nitrogens is 1. The van der Waals surface area contributed by atoms with Crippen molar-refractivity contribution < 1.29 is 24.1 Å². The number of amides is 1. The average Bonchev–Trinajstić information content (AvgIpc) is 3.62. The number of nitrogens with zero attached hydrogens (tertiary/aromatic N) is 6. The van der Waals surface area contributed by atoms with Crippen molar-refractivity contribution in [1.82, 2.24) is 29.4 Å². The SMILES string of the molecule is COc1c(OCC(O)CN2CCOCC2)ccc2c3n(c(=NC(=O)c4cnc5nc[nH]c5c4)nc12)CCN3. The molecule has 2 aliphatic heterocycles. The third-order valence-electron chi connectivity index (χ3n) is 6.63. The van der Waals surface area contributed by atoms with Gasteiger partial charge in [-0.15, -0.1) is 0 Å². The Balaban J connectivity index is 1.32. The molecule has 1 atom stereocenters. The van der Waals surface area contributed by atoms with Crippen molar-refractivity contribution in [2.45, 2.75) is 12.6 Å². The molecule has 1 saturated heterocycles. The minimum atomic E-state index is -0.678. The summed E-state index contributed by atoms with van der Waals surface area (Å²) in [6.45, 7) is 4.77.